The lowest BCUT2D eigenvalue weighted by atomic mass is 10.1. The monoisotopic (exact) mass is 240 g/mol. The molecule has 0 saturated carbocycles. The average molecular weight is 241 g/mol. The molecule has 0 bridgehead atoms. The number of aryl methyl sites for hydroxylation is 1. The van der Waals surface area contributed by atoms with Crippen molar-refractivity contribution in [3.05, 3.63) is 34.3 Å². The van der Waals surface area contributed by atoms with Crippen molar-refractivity contribution in [3.8, 4) is 0 Å². The summed E-state index contributed by atoms with van der Waals surface area (Å²) >= 11 is 5.86. The van der Waals surface area contributed by atoms with E-state index in [-0.39, 0.29) is 17.2 Å². The quantitative estimate of drug-likeness (QED) is 0.462. The molecule has 0 radical (unpaired) electrons. The molecule has 1 rings (SSSR count). The van der Waals surface area contributed by atoms with Crippen molar-refractivity contribution >= 4 is 23.4 Å². The minimum absolute atomic E-state index is 0.176. The van der Waals surface area contributed by atoms with Crippen LogP contribution in [-0.2, 0) is 16.0 Å². The second kappa shape index (κ2) is 5.66. The van der Waals surface area contributed by atoms with E-state index in [9.17, 15) is 9.59 Å². The van der Waals surface area contributed by atoms with Crippen LogP contribution in [0.2, 0.25) is 5.02 Å². The summed E-state index contributed by atoms with van der Waals surface area (Å²) in [4.78, 5) is 22.9. The van der Waals surface area contributed by atoms with E-state index >= 15 is 0 Å². The van der Waals surface area contributed by atoms with Gasteiger partial charge in [0, 0.05) is 5.56 Å². The number of Topliss-reactive ketones (excluding diaryl/α,β-unsaturated/α-hetero) is 1. The van der Waals surface area contributed by atoms with Crippen LogP contribution in [0.4, 0.5) is 0 Å². The highest BCUT2D eigenvalue weighted by Crippen LogP contribution is 2.19. The zero-order valence-electron chi connectivity index (χ0n) is 9.25. The standard InChI is InChI=1S/C12H13ClO3/c1-3-8-5-6-10(13)9(7-8)11(14)12(15)16-4-2/h5-7H,3-4H2,1-2H3. The van der Waals surface area contributed by atoms with Crippen molar-refractivity contribution in [1.82, 2.24) is 0 Å². The van der Waals surface area contributed by atoms with Crippen LogP contribution < -0.4 is 0 Å². The topological polar surface area (TPSA) is 43.4 Å². The van der Waals surface area contributed by atoms with Gasteiger partial charge in [-0.1, -0.05) is 24.6 Å². The molecule has 0 spiro atoms. The summed E-state index contributed by atoms with van der Waals surface area (Å²) in [5.74, 6) is -1.56. The van der Waals surface area contributed by atoms with Crippen molar-refractivity contribution in [2.75, 3.05) is 6.61 Å². The minimum Gasteiger partial charge on any atom is -0.460 e. The third kappa shape index (κ3) is 2.83. The van der Waals surface area contributed by atoms with Gasteiger partial charge in [0.25, 0.3) is 5.78 Å². The number of carbonyl (C=O) groups excluding carboxylic acids is 2. The van der Waals surface area contributed by atoms with E-state index in [2.05, 4.69) is 4.74 Å². The van der Waals surface area contributed by atoms with E-state index in [0.717, 1.165) is 12.0 Å². The van der Waals surface area contributed by atoms with E-state index in [1.807, 2.05) is 13.0 Å². The third-order valence-electron chi connectivity index (χ3n) is 2.14. The van der Waals surface area contributed by atoms with Gasteiger partial charge in [0.15, 0.2) is 0 Å². The van der Waals surface area contributed by atoms with Crippen LogP contribution in [0, 0.1) is 0 Å². The van der Waals surface area contributed by atoms with Crippen molar-refractivity contribution in [2.24, 2.45) is 0 Å². The maximum Gasteiger partial charge on any atom is 0.379 e. The van der Waals surface area contributed by atoms with Gasteiger partial charge in [-0.2, -0.15) is 0 Å². The Morgan fingerprint density at radius 1 is 1.31 bits per heavy atom. The lowest BCUT2D eigenvalue weighted by molar-refractivity contribution is -0.137. The van der Waals surface area contributed by atoms with Gasteiger partial charge in [0.05, 0.1) is 11.6 Å². The Morgan fingerprint density at radius 3 is 2.56 bits per heavy atom. The largest absolute Gasteiger partial charge is 0.460 e. The Labute approximate surface area is 99.4 Å². The molecule has 86 valence electrons. The summed E-state index contributed by atoms with van der Waals surface area (Å²) in [7, 11) is 0. The van der Waals surface area contributed by atoms with Crippen molar-refractivity contribution < 1.29 is 14.3 Å². The molecule has 1 aromatic carbocycles. The molecule has 4 heteroatoms. The van der Waals surface area contributed by atoms with E-state index in [0.29, 0.717) is 0 Å². The first-order valence-corrected chi connectivity index (χ1v) is 5.47. The molecule has 0 aliphatic heterocycles. The van der Waals surface area contributed by atoms with Crippen molar-refractivity contribution in [1.29, 1.82) is 0 Å². The maximum absolute atomic E-state index is 11.7. The predicted octanol–water partition coefficient (Wildman–Crippen LogP) is 2.65. The molecule has 0 heterocycles. The number of hydrogen-bond donors (Lipinski definition) is 0. The zero-order valence-corrected chi connectivity index (χ0v) is 10.0. The summed E-state index contributed by atoms with van der Waals surface area (Å²) in [5.41, 5.74) is 1.16. The van der Waals surface area contributed by atoms with Crippen molar-refractivity contribution in [2.45, 2.75) is 20.3 Å². The van der Waals surface area contributed by atoms with Gasteiger partial charge >= 0.3 is 5.97 Å². The molecule has 0 aliphatic rings. The summed E-state index contributed by atoms with van der Waals surface area (Å²) in [6, 6.07) is 5.07. The normalized spacial score (nSPS) is 9.94. The molecule has 0 aromatic heterocycles. The van der Waals surface area contributed by atoms with E-state index in [4.69, 9.17) is 11.6 Å². The molecule has 0 fully saturated rings. The Morgan fingerprint density at radius 2 is 2.00 bits per heavy atom. The lowest BCUT2D eigenvalue weighted by Gasteiger charge is -2.05. The van der Waals surface area contributed by atoms with Gasteiger partial charge in [0.1, 0.15) is 0 Å². The summed E-state index contributed by atoms with van der Waals surface area (Å²) in [6.07, 6.45) is 0.778. The molecule has 3 nitrogen and oxygen atoms in total. The van der Waals surface area contributed by atoms with Gasteiger partial charge in [-0.15, -0.1) is 0 Å². The fourth-order valence-corrected chi connectivity index (χ4v) is 1.48. The molecule has 0 aliphatic carbocycles. The molecule has 0 N–H and O–H groups in total. The minimum atomic E-state index is -0.863. The molecule has 1 aromatic rings. The first-order chi connectivity index (χ1) is 7.60. The Bertz CT molecular complexity index is 413. The lowest BCUT2D eigenvalue weighted by Crippen LogP contribution is -2.18. The molecule has 0 unspecified atom stereocenters. The van der Waals surface area contributed by atoms with E-state index < -0.39 is 11.8 Å². The fourth-order valence-electron chi connectivity index (χ4n) is 1.27. The molecule has 0 atom stereocenters. The van der Waals surface area contributed by atoms with Crippen LogP contribution in [0.1, 0.15) is 29.8 Å². The van der Waals surface area contributed by atoms with E-state index in [1.54, 1.807) is 19.1 Å². The van der Waals surface area contributed by atoms with Crippen LogP contribution in [0.15, 0.2) is 18.2 Å². The Kier molecular flexibility index (Phi) is 4.50. The SMILES string of the molecule is CCOC(=O)C(=O)c1cc(CC)ccc1Cl. The second-order valence-electron chi connectivity index (χ2n) is 3.22. The Balaban J connectivity index is 3.02. The van der Waals surface area contributed by atoms with Gasteiger partial charge in [-0.25, -0.2) is 4.79 Å². The Hall–Kier alpha value is -1.35. The number of rotatable bonds is 4. The fraction of sp³-hybridized carbons (Fsp3) is 0.333. The maximum atomic E-state index is 11.7. The molecular formula is C12H13ClO3. The predicted molar refractivity (Wildman–Crippen MR) is 61.8 cm³/mol. The number of benzene rings is 1. The van der Waals surface area contributed by atoms with Gasteiger partial charge in [0.2, 0.25) is 0 Å². The first-order valence-electron chi connectivity index (χ1n) is 5.10. The van der Waals surface area contributed by atoms with Gasteiger partial charge in [-0.05, 0) is 31.0 Å². The van der Waals surface area contributed by atoms with Crippen LogP contribution >= 0.6 is 11.6 Å². The summed E-state index contributed by atoms with van der Waals surface area (Å²) in [6.45, 7) is 3.78. The highest BCUT2D eigenvalue weighted by molar-refractivity contribution is 6.45. The van der Waals surface area contributed by atoms with E-state index in [1.165, 1.54) is 0 Å². The average Bonchev–Trinajstić information content (AvgIpc) is 2.29. The highest BCUT2D eigenvalue weighted by Gasteiger charge is 2.20. The number of carbonyl (C=O) groups is 2. The van der Waals surface area contributed by atoms with Gasteiger partial charge < -0.3 is 4.74 Å². The molecule has 16 heavy (non-hydrogen) atoms. The summed E-state index contributed by atoms with van der Waals surface area (Å²) < 4.78 is 4.64. The molecule has 0 saturated heterocycles. The smallest absolute Gasteiger partial charge is 0.379 e. The number of esters is 1. The summed E-state index contributed by atoms with van der Waals surface area (Å²) in [5, 5.41) is 0.273. The third-order valence-corrected chi connectivity index (χ3v) is 2.47. The highest BCUT2D eigenvalue weighted by atomic mass is 35.5. The number of hydrogen-bond acceptors (Lipinski definition) is 3. The molecular weight excluding hydrogens is 228 g/mol. The number of halogens is 1. The van der Waals surface area contributed by atoms with Crippen molar-refractivity contribution in [3.63, 3.8) is 0 Å². The van der Waals surface area contributed by atoms with Crippen LogP contribution in [0.5, 0.6) is 0 Å². The zero-order chi connectivity index (χ0) is 12.1. The van der Waals surface area contributed by atoms with Crippen LogP contribution in [-0.4, -0.2) is 18.4 Å². The molecule has 0 amide bonds. The van der Waals surface area contributed by atoms with Crippen LogP contribution in [0.3, 0.4) is 0 Å². The number of ether oxygens (including phenoxy) is 1. The van der Waals surface area contributed by atoms with Crippen LogP contribution in [0.25, 0.3) is 0 Å². The number of ketones is 1. The first kappa shape index (κ1) is 12.7. The second-order valence-corrected chi connectivity index (χ2v) is 3.62. The van der Waals surface area contributed by atoms with Gasteiger partial charge in [-0.3, -0.25) is 4.79 Å².